The van der Waals surface area contributed by atoms with Gasteiger partial charge in [0.25, 0.3) is 0 Å². The minimum Gasteiger partial charge on any atom is -0.381 e. The Bertz CT molecular complexity index is 693. The first kappa shape index (κ1) is 17.9. The maximum Gasteiger partial charge on any atom is 0.223 e. The first-order chi connectivity index (χ1) is 12.2. The lowest BCUT2D eigenvalue weighted by Crippen LogP contribution is -2.35. The average molecular weight is 363 g/mol. The Hall–Kier alpha value is -1.92. The van der Waals surface area contributed by atoms with E-state index in [4.69, 9.17) is 16.3 Å². The van der Waals surface area contributed by atoms with Crippen LogP contribution >= 0.6 is 11.6 Å². The largest absolute Gasteiger partial charge is 0.381 e. The molecule has 2 N–H and O–H groups in total. The molecule has 1 aliphatic rings. The lowest BCUT2D eigenvalue weighted by Gasteiger charge is -2.26. The lowest BCUT2D eigenvalue weighted by molar-refractivity contribution is -0.126. The predicted molar refractivity (Wildman–Crippen MR) is 96.3 cm³/mol. The van der Waals surface area contributed by atoms with E-state index in [1.807, 2.05) is 24.3 Å². The standard InChI is InChI=1S/C18H23ClN4O2/c1-25-15-8-4-13(5-9-15)18(24)20-11-10-16-21-17(23-22-16)12-2-6-14(19)7-3-12/h2-3,6-7,13,15H,4-5,8-11H2,1H3,(H,20,24)(H,21,22,23). The first-order valence-corrected chi connectivity index (χ1v) is 9.01. The molecule has 0 unspecified atom stereocenters. The molecule has 1 saturated carbocycles. The third-order valence-corrected chi connectivity index (χ3v) is 4.93. The van der Waals surface area contributed by atoms with Crippen LogP contribution in [0.5, 0.6) is 0 Å². The van der Waals surface area contributed by atoms with Gasteiger partial charge >= 0.3 is 0 Å². The number of carbonyl (C=O) groups excluding carboxylic acids is 1. The van der Waals surface area contributed by atoms with Crippen LogP contribution in [-0.4, -0.2) is 40.8 Å². The van der Waals surface area contributed by atoms with Gasteiger partial charge in [-0.3, -0.25) is 9.89 Å². The monoisotopic (exact) mass is 362 g/mol. The van der Waals surface area contributed by atoms with Crippen molar-refractivity contribution < 1.29 is 9.53 Å². The molecule has 1 aromatic carbocycles. The van der Waals surface area contributed by atoms with Gasteiger partial charge in [0.05, 0.1) is 6.10 Å². The number of ether oxygens (including phenoxy) is 1. The van der Waals surface area contributed by atoms with E-state index >= 15 is 0 Å². The molecule has 6 nitrogen and oxygen atoms in total. The summed E-state index contributed by atoms with van der Waals surface area (Å²) in [5.41, 5.74) is 0.908. The number of methoxy groups -OCH3 is 1. The number of amides is 1. The zero-order valence-electron chi connectivity index (χ0n) is 14.3. The van der Waals surface area contributed by atoms with Gasteiger partial charge in [0.15, 0.2) is 5.82 Å². The third kappa shape index (κ3) is 4.80. The summed E-state index contributed by atoms with van der Waals surface area (Å²) in [5.74, 6) is 1.63. The Kier molecular flexibility index (Phi) is 6.04. The lowest BCUT2D eigenvalue weighted by atomic mass is 9.87. The van der Waals surface area contributed by atoms with Gasteiger partial charge in [0.2, 0.25) is 5.91 Å². The van der Waals surface area contributed by atoms with Crippen molar-refractivity contribution in [1.82, 2.24) is 20.5 Å². The summed E-state index contributed by atoms with van der Waals surface area (Å²) in [5, 5.41) is 10.8. The van der Waals surface area contributed by atoms with Crippen molar-refractivity contribution in [1.29, 1.82) is 0 Å². The molecule has 1 aromatic heterocycles. The normalized spacial score (nSPS) is 20.4. The Labute approximate surface area is 152 Å². The number of rotatable bonds is 6. The highest BCUT2D eigenvalue weighted by atomic mass is 35.5. The van der Waals surface area contributed by atoms with E-state index in [9.17, 15) is 4.79 Å². The molecule has 0 saturated heterocycles. The molecule has 1 heterocycles. The summed E-state index contributed by atoms with van der Waals surface area (Å²) in [6, 6.07) is 7.39. The van der Waals surface area contributed by atoms with Gasteiger partial charge in [-0.1, -0.05) is 11.6 Å². The fraction of sp³-hybridized carbons (Fsp3) is 0.500. The maximum atomic E-state index is 12.2. The highest BCUT2D eigenvalue weighted by molar-refractivity contribution is 6.30. The van der Waals surface area contributed by atoms with Crippen LogP contribution in [-0.2, 0) is 16.0 Å². The van der Waals surface area contributed by atoms with E-state index in [2.05, 4.69) is 20.5 Å². The van der Waals surface area contributed by atoms with E-state index in [1.54, 1.807) is 7.11 Å². The Balaban J connectivity index is 1.45. The molecule has 7 heteroatoms. The van der Waals surface area contributed by atoms with Gasteiger partial charge in [-0.15, -0.1) is 0 Å². The summed E-state index contributed by atoms with van der Waals surface area (Å²) < 4.78 is 5.35. The molecule has 3 rings (SSSR count). The van der Waals surface area contributed by atoms with E-state index in [-0.39, 0.29) is 11.8 Å². The van der Waals surface area contributed by atoms with Gasteiger partial charge in [-0.25, -0.2) is 4.98 Å². The number of H-pyrrole nitrogens is 1. The van der Waals surface area contributed by atoms with E-state index in [0.717, 1.165) is 37.1 Å². The maximum absolute atomic E-state index is 12.2. The predicted octanol–water partition coefficient (Wildman–Crippen LogP) is 2.99. The number of hydrogen-bond donors (Lipinski definition) is 2. The first-order valence-electron chi connectivity index (χ1n) is 8.63. The fourth-order valence-electron chi connectivity index (χ4n) is 3.14. The van der Waals surface area contributed by atoms with Crippen molar-refractivity contribution in [3.63, 3.8) is 0 Å². The molecule has 0 atom stereocenters. The second-order valence-corrected chi connectivity index (χ2v) is 6.80. The van der Waals surface area contributed by atoms with Crippen LogP contribution in [0.2, 0.25) is 5.02 Å². The minimum atomic E-state index is 0.103. The zero-order valence-corrected chi connectivity index (χ0v) is 15.1. The molecular formula is C18H23ClN4O2. The van der Waals surface area contributed by atoms with Crippen molar-refractivity contribution in [2.24, 2.45) is 5.92 Å². The Morgan fingerprint density at radius 1 is 1.28 bits per heavy atom. The molecule has 1 amide bonds. The number of aromatic amines is 1. The summed E-state index contributed by atoms with van der Waals surface area (Å²) in [4.78, 5) is 16.7. The number of nitrogens with zero attached hydrogens (tertiary/aromatic N) is 2. The molecular weight excluding hydrogens is 340 g/mol. The van der Waals surface area contributed by atoms with Crippen LogP contribution in [0.25, 0.3) is 11.4 Å². The molecule has 1 fully saturated rings. The fourth-order valence-corrected chi connectivity index (χ4v) is 3.27. The Morgan fingerprint density at radius 2 is 2.00 bits per heavy atom. The highest BCUT2D eigenvalue weighted by Gasteiger charge is 2.25. The molecule has 0 spiro atoms. The Morgan fingerprint density at radius 3 is 2.68 bits per heavy atom. The van der Waals surface area contributed by atoms with Crippen LogP contribution in [0.15, 0.2) is 24.3 Å². The van der Waals surface area contributed by atoms with Crippen LogP contribution in [0.1, 0.15) is 31.5 Å². The number of aromatic nitrogens is 3. The molecule has 0 radical (unpaired) electrons. The van der Waals surface area contributed by atoms with Gasteiger partial charge in [-0.05, 0) is 49.9 Å². The molecule has 25 heavy (non-hydrogen) atoms. The molecule has 134 valence electrons. The second-order valence-electron chi connectivity index (χ2n) is 6.36. The molecule has 1 aliphatic carbocycles. The third-order valence-electron chi connectivity index (χ3n) is 4.67. The molecule has 0 bridgehead atoms. The van der Waals surface area contributed by atoms with Crippen molar-refractivity contribution >= 4 is 17.5 Å². The van der Waals surface area contributed by atoms with Gasteiger partial charge in [0, 0.05) is 36.6 Å². The average Bonchev–Trinajstić information content (AvgIpc) is 3.11. The smallest absolute Gasteiger partial charge is 0.223 e. The highest BCUT2D eigenvalue weighted by Crippen LogP contribution is 2.25. The number of carbonyl (C=O) groups is 1. The second kappa shape index (κ2) is 8.45. The number of benzene rings is 1. The van der Waals surface area contributed by atoms with Crippen molar-refractivity contribution in [2.75, 3.05) is 13.7 Å². The van der Waals surface area contributed by atoms with E-state index < -0.39 is 0 Å². The van der Waals surface area contributed by atoms with E-state index in [1.165, 1.54) is 0 Å². The molecule has 2 aromatic rings. The molecule has 0 aliphatic heterocycles. The number of nitrogens with one attached hydrogen (secondary N) is 2. The van der Waals surface area contributed by atoms with Crippen LogP contribution in [0.3, 0.4) is 0 Å². The van der Waals surface area contributed by atoms with Crippen LogP contribution < -0.4 is 5.32 Å². The van der Waals surface area contributed by atoms with Crippen LogP contribution in [0.4, 0.5) is 0 Å². The number of halogens is 1. The minimum absolute atomic E-state index is 0.103. The topological polar surface area (TPSA) is 79.9 Å². The van der Waals surface area contributed by atoms with Crippen LogP contribution in [0, 0.1) is 5.92 Å². The van der Waals surface area contributed by atoms with Gasteiger partial charge in [0.1, 0.15) is 5.82 Å². The zero-order chi connectivity index (χ0) is 17.6. The van der Waals surface area contributed by atoms with Gasteiger partial charge < -0.3 is 10.1 Å². The van der Waals surface area contributed by atoms with Gasteiger partial charge in [-0.2, -0.15) is 5.10 Å². The SMILES string of the molecule is COC1CCC(C(=O)NCCc2nc(-c3ccc(Cl)cc3)n[nH]2)CC1. The summed E-state index contributed by atoms with van der Waals surface area (Å²) in [7, 11) is 1.74. The van der Waals surface area contributed by atoms with Crippen molar-refractivity contribution in [2.45, 2.75) is 38.2 Å². The van der Waals surface area contributed by atoms with Crippen molar-refractivity contribution in [3.8, 4) is 11.4 Å². The number of hydrogen-bond acceptors (Lipinski definition) is 4. The van der Waals surface area contributed by atoms with Crippen molar-refractivity contribution in [3.05, 3.63) is 35.1 Å². The quantitative estimate of drug-likeness (QED) is 0.827. The summed E-state index contributed by atoms with van der Waals surface area (Å²) in [6.07, 6.45) is 4.65. The van der Waals surface area contributed by atoms with E-state index in [0.29, 0.717) is 29.9 Å². The summed E-state index contributed by atoms with van der Waals surface area (Å²) in [6.45, 7) is 0.554. The summed E-state index contributed by atoms with van der Waals surface area (Å²) >= 11 is 5.89.